The van der Waals surface area contributed by atoms with Gasteiger partial charge in [0.2, 0.25) is 0 Å². The molecule has 0 unspecified atom stereocenters. The van der Waals surface area contributed by atoms with Crippen LogP contribution in [-0.2, 0) is 0 Å². The Morgan fingerprint density at radius 3 is 1.62 bits per heavy atom. The van der Waals surface area contributed by atoms with Gasteiger partial charge < -0.3 is 0 Å². The average Bonchev–Trinajstić information content (AvgIpc) is 2.96. The number of unbranched alkanes of at least 4 members (excludes halogenated alkanes) is 7. The fourth-order valence-corrected chi connectivity index (χ4v) is 7.15. The Labute approximate surface area is 228 Å². The maximum atomic E-state index is 4.80. The second-order valence-corrected chi connectivity index (χ2v) is 12.4. The Kier molecular flexibility index (Phi) is 12.0. The van der Waals surface area contributed by atoms with Gasteiger partial charge in [-0.15, -0.1) is 0 Å². The average molecular weight is 503 g/mol. The lowest BCUT2D eigenvalue weighted by Gasteiger charge is -2.29. The summed E-state index contributed by atoms with van der Waals surface area (Å²) in [4.78, 5) is 9.60. The van der Waals surface area contributed by atoms with Crippen molar-refractivity contribution in [1.82, 2.24) is 9.97 Å². The smallest absolute Gasteiger partial charge is 0.159 e. The van der Waals surface area contributed by atoms with E-state index in [1.54, 1.807) is 0 Å². The van der Waals surface area contributed by atoms with Crippen molar-refractivity contribution in [1.29, 1.82) is 0 Å². The van der Waals surface area contributed by atoms with Gasteiger partial charge in [0.15, 0.2) is 5.82 Å². The zero-order valence-corrected chi connectivity index (χ0v) is 24.1. The molecule has 0 spiro atoms. The molecule has 2 saturated carbocycles. The minimum absolute atomic E-state index is 0.661. The van der Waals surface area contributed by atoms with E-state index in [2.05, 4.69) is 50.5 Å². The van der Waals surface area contributed by atoms with Crippen LogP contribution in [0.15, 0.2) is 36.7 Å². The van der Waals surface area contributed by atoms with Crippen molar-refractivity contribution in [2.75, 3.05) is 0 Å². The van der Waals surface area contributed by atoms with Crippen LogP contribution in [0.25, 0.3) is 11.4 Å². The molecule has 37 heavy (non-hydrogen) atoms. The minimum atomic E-state index is 0.661. The van der Waals surface area contributed by atoms with Gasteiger partial charge in [0.1, 0.15) is 0 Å². The normalized spacial score (nSPS) is 24.3. The predicted octanol–water partition coefficient (Wildman–Crippen LogP) is 11.0. The van der Waals surface area contributed by atoms with Crippen molar-refractivity contribution in [3.63, 3.8) is 0 Å². The number of hydrogen-bond donors (Lipinski definition) is 0. The van der Waals surface area contributed by atoms with E-state index in [0.717, 1.165) is 29.1 Å². The summed E-state index contributed by atoms with van der Waals surface area (Å²) in [6.07, 6.45) is 30.9. The Morgan fingerprint density at radius 2 is 1.05 bits per heavy atom. The lowest BCUT2D eigenvalue weighted by atomic mass is 9.77. The fraction of sp³-hybridized carbons (Fsp3) is 0.714. The standard InChI is InChI=1S/C35H54N2/c1-3-5-6-7-8-9-10-11-13-29-16-20-32(21-17-29)34-26-36-35(37-27-34)33-24-22-31(23-25-33)30-18-14-28(12-4-2)15-19-30/h22-30,32H,3-21H2,1-2H3/t28-,29-,30-,32-. The van der Waals surface area contributed by atoms with Crippen molar-refractivity contribution < 1.29 is 0 Å². The summed E-state index contributed by atoms with van der Waals surface area (Å²) >= 11 is 0. The molecule has 4 rings (SSSR count). The van der Waals surface area contributed by atoms with Crippen molar-refractivity contribution in [3.8, 4) is 11.4 Å². The third-order valence-electron chi connectivity index (χ3n) is 9.64. The molecule has 2 aliphatic carbocycles. The Balaban J connectivity index is 1.17. The van der Waals surface area contributed by atoms with Crippen LogP contribution in [0, 0.1) is 11.8 Å². The fourth-order valence-electron chi connectivity index (χ4n) is 7.15. The molecule has 0 saturated heterocycles. The van der Waals surface area contributed by atoms with E-state index in [4.69, 9.17) is 9.97 Å². The summed E-state index contributed by atoms with van der Waals surface area (Å²) in [5.41, 5.74) is 4.03. The molecule has 0 amide bonds. The predicted molar refractivity (Wildman–Crippen MR) is 159 cm³/mol. The summed E-state index contributed by atoms with van der Waals surface area (Å²) in [7, 11) is 0. The van der Waals surface area contributed by atoms with Crippen LogP contribution in [0.4, 0.5) is 0 Å². The zero-order valence-electron chi connectivity index (χ0n) is 24.1. The van der Waals surface area contributed by atoms with Crippen LogP contribution in [-0.4, -0.2) is 9.97 Å². The monoisotopic (exact) mass is 502 g/mol. The van der Waals surface area contributed by atoms with Crippen molar-refractivity contribution >= 4 is 0 Å². The van der Waals surface area contributed by atoms with Gasteiger partial charge >= 0.3 is 0 Å². The number of rotatable bonds is 14. The quantitative estimate of drug-likeness (QED) is 0.240. The SMILES string of the molecule is CCCCCCCCCC[C@H]1CC[C@H](c2cnc(-c3ccc([C@H]4CC[C@H](CCC)CC4)cc3)nc2)CC1. The van der Waals surface area contributed by atoms with E-state index >= 15 is 0 Å². The highest BCUT2D eigenvalue weighted by atomic mass is 14.9. The van der Waals surface area contributed by atoms with E-state index in [9.17, 15) is 0 Å². The molecule has 2 fully saturated rings. The molecule has 1 aromatic heterocycles. The lowest BCUT2D eigenvalue weighted by molar-refractivity contribution is 0.301. The summed E-state index contributed by atoms with van der Waals surface area (Å²) in [6.45, 7) is 4.62. The summed E-state index contributed by atoms with van der Waals surface area (Å²) in [6, 6.07) is 9.17. The molecule has 1 heterocycles. The van der Waals surface area contributed by atoms with E-state index < -0.39 is 0 Å². The molecule has 0 bridgehead atoms. The topological polar surface area (TPSA) is 25.8 Å². The molecule has 204 valence electrons. The highest BCUT2D eigenvalue weighted by molar-refractivity contribution is 5.55. The van der Waals surface area contributed by atoms with Crippen LogP contribution in [0.2, 0.25) is 0 Å². The number of aromatic nitrogens is 2. The summed E-state index contributed by atoms with van der Waals surface area (Å²) in [5, 5.41) is 0. The number of hydrogen-bond acceptors (Lipinski definition) is 2. The van der Waals surface area contributed by atoms with Gasteiger partial charge in [0.05, 0.1) is 0 Å². The molecular formula is C35H54N2. The van der Waals surface area contributed by atoms with Gasteiger partial charge in [-0.3, -0.25) is 0 Å². The lowest BCUT2D eigenvalue weighted by Crippen LogP contribution is -2.14. The first-order valence-corrected chi connectivity index (χ1v) is 16.2. The first-order valence-electron chi connectivity index (χ1n) is 16.2. The molecular weight excluding hydrogens is 448 g/mol. The Bertz CT molecular complexity index is 855. The van der Waals surface area contributed by atoms with Gasteiger partial charge in [-0.05, 0) is 86.2 Å². The molecule has 2 nitrogen and oxygen atoms in total. The van der Waals surface area contributed by atoms with E-state index in [-0.39, 0.29) is 0 Å². The van der Waals surface area contributed by atoms with Gasteiger partial charge in [-0.25, -0.2) is 9.97 Å². The van der Waals surface area contributed by atoms with E-state index in [0.29, 0.717) is 5.92 Å². The number of benzene rings is 1. The van der Waals surface area contributed by atoms with Gasteiger partial charge in [0, 0.05) is 18.0 Å². The van der Waals surface area contributed by atoms with Crippen LogP contribution >= 0.6 is 0 Å². The molecule has 0 N–H and O–H groups in total. The summed E-state index contributed by atoms with van der Waals surface area (Å²) in [5.74, 6) is 4.21. The Hall–Kier alpha value is -1.70. The highest BCUT2D eigenvalue weighted by Crippen LogP contribution is 2.39. The van der Waals surface area contributed by atoms with Crippen LogP contribution < -0.4 is 0 Å². The second kappa shape index (κ2) is 15.6. The molecule has 0 atom stereocenters. The van der Waals surface area contributed by atoms with Crippen molar-refractivity contribution in [3.05, 3.63) is 47.8 Å². The van der Waals surface area contributed by atoms with Gasteiger partial charge in [0.25, 0.3) is 0 Å². The molecule has 2 aromatic rings. The van der Waals surface area contributed by atoms with Crippen molar-refractivity contribution in [2.45, 2.75) is 148 Å². The third kappa shape index (κ3) is 8.93. The minimum Gasteiger partial charge on any atom is -0.236 e. The molecule has 0 radical (unpaired) electrons. The second-order valence-electron chi connectivity index (χ2n) is 12.4. The largest absolute Gasteiger partial charge is 0.236 e. The van der Waals surface area contributed by atoms with Gasteiger partial charge in [-0.1, -0.05) is 109 Å². The highest BCUT2D eigenvalue weighted by Gasteiger charge is 2.23. The summed E-state index contributed by atoms with van der Waals surface area (Å²) < 4.78 is 0. The van der Waals surface area contributed by atoms with Crippen LogP contribution in [0.1, 0.15) is 159 Å². The zero-order chi connectivity index (χ0) is 25.7. The van der Waals surface area contributed by atoms with E-state index in [1.165, 1.54) is 133 Å². The van der Waals surface area contributed by atoms with Gasteiger partial charge in [-0.2, -0.15) is 0 Å². The van der Waals surface area contributed by atoms with Crippen molar-refractivity contribution in [2.24, 2.45) is 11.8 Å². The van der Waals surface area contributed by atoms with E-state index in [1.807, 2.05) is 0 Å². The third-order valence-corrected chi connectivity index (χ3v) is 9.64. The first kappa shape index (κ1) is 28.3. The number of nitrogens with zero attached hydrogens (tertiary/aromatic N) is 2. The Morgan fingerprint density at radius 1 is 0.541 bits per heavy atom. The molecule has 1 aromatic carbocycles. The molecule has 0 aliphatic heterocycles. The maximum Gasteiger partial charge on any atom is 0.159 e. The van der Waals surface area contributed by atoms with Crippen LogP contribution in [0.5, 0.6) is 0 Å². The molecule has 2 heteroatoms. The first-order chi connectivity index (χ1) is 18.3. The molecule has 2 aliphatic rings. The maximum absolute atomic E-state index is 4.80. The van der Waals surface area contributed by atoms with Crippen LogP contribution in [0.3, 0.4) is 0 Å².